The molecule has 1 heterocycles. The van der Waals surface area contributed by atoms with Gasteiger partial charge >= 0.3 is 0 Å². The van der Waals surface area contributed by atoms with Crippen molar-refractivity contribution < 1.29 is 13.2 Å². The Balaban J connectivity index is 2.63. The van der Waals surface area contributed by atoms with E-state index in [0.29, 0.717) is 19.0 Å². The number of halogens is 4. The van der Waals surface area contributed by atoms with Gasteiger partial charge in [0.2, 0.25) is 0 Å². The number of hydrogen-bond donors (Lipinski definition) is 1. The Morgan fingerprint density at radius 1 is 1.31 bits per heavy atom. The van der Waals surface area contributed by atoms with E-state index in [2.05, 4.69) is 5.32 Å². The maximum Gasteiger partial charge on any atom is 0.166 e. The molecule has 1 aliphatic heterocycles. The van der Waals surface area contributed by atoms with Gasteiger partial charge in [0.25, 0.3) is 0 Å². The third kappa shape index (κ3) is 1.70. The standard InChI is InChI=1S/C11H11ClF3N/c1-11(3-2-4-16-11)8-9(14)6(12)5-7(13)10(8)15/h5,16H,2-4H2,1H3. The van der Waals surface area contributed by atoms with Gasteiger partial charge in [-0.2, -0.15) is 0 Å². The lowest BCUT2D eigenvalue weighted by atomic mass is 9.89. The molecule has 2 rings (SSSR count). The molecule has 0 radical (unpaired) electrons. The molecule has 1 saturated heterocycles. The summed E-state index contributed by atoms with van der Waals surface area (Å²) in [6, 6.07) is 0.661. The van der Waals surface area contributed by atoms with E-state index in [-0.39, 0.29) is 10.6 Å². The predicted molar refractivity (Wildman–Crippen MR) is 55.9 cm³/mol. The molecule has 0 amide bonds. The van der Waals surface area contributed by atoms with E-state index in [0.717, 1.165) is 6.42 Å². The Labute approximate surface area is 96.6 Å². The second kappa shape index (κ2) is 3.93. The molecule has 5 heteroatoms. The van der Waals surface area contributed by atoms with E-state index in [9.17, 15) is 13.2 Å². The molecule has 1 atom stereocenters. The lowest BCUT2D eigenvalue weighted by molar-refractivity contribution is 0.372. The molecular formula is C11H11ClF3N. The third-order valence-electron chi connectivity index (χ3n) is 3.03. The molecule has 0 aliphatic carbocycles. The van der Waals surface area contributed by atoms with Crippen LogP contribution in [0.4, 0.5) is 13.2 Å². The summed E-state index contributed by atoms with van der Waals surface area (Å²) < 4.78 is 40.6. The van der Waals surface area contributed by atoms with Crippen LogP contribution in [0, 0.1) is 17.5 Å². The molecule has 1 aliphatic rings. The number of hydrogen-bond acceptors (Lipinski definition) is 1. The van der Waals surface area contributed by atoms with Gasteiger partial charge < -0.3 is 5.32 Å². The highest BCUT2D eigenvalue weighted by molar-refractivity contribution is 6.30. The highest BCUT2D eigenvalue weighted by atomic mass is 35.5. The van der Waals surface area contributed by atoms with Gasteiger partial charge in [-0.05, 0) is 32.4 Å². The summed E-state index contributed by atoms with van der Waals surface area (Å²) in [7, 11) is 0. The average molecular weight is 250 g/mol. The van der Waals surface area contributed by atoms with Crippen molar-refractivity contribution >= 4 is 11.6 Å². The van der Waals surface area contributed by atoms with Crippen molar-refractivity contribution in [2.24, 2.45) is 0 Å². The van der Waals surface area contributed by atoms with Crippen LogP contribution >= 0.6 is 11.6 Å². The van der Waals surface area contributed by atoms with E-state index < -0.39 is 23.0 Å². The highest BCUT2D eigenvalue weighted by Gasteiger charge is 2.37. The Bertz CT molecular complexity index is 401. The summed E-state index contributed by atoms with van der Waals surface area (Å²) in [6.45, 7) is 2.31. The lowest BCUT2D eigenvalue weighted by Gasteiger charge is -2.26. The van der Waals surface area contributed by atoms with Gasteiger partial charge in [0.15, 0.2) is 11.6 Å². The summed E-state index contributed by atoms with van der Waals surface area (Å²) in [5.41, 5.74) is -1.17. The first-order chi connectivity index (χ1) is 7.46. The molecular weight excluding hydrogens is 239 g/mol. The van der Waals surface area contributed by atoms with Crippen molar-refractivity contribution in [2.45, 2.75) is 25.3 Å². The zero-order chi connectivity index (χ0) is 11.9. The SMILES string of the molecule is CC1(c2c(F)c(F)cc(Cl)c2F)CCCN1. The van der Waals surface area contributed by atoms with Crippen molar-refractivity contribution in [1.82, 2.24) is 5.32 Å². The average Bonchev–Trinajstić information content (AvgIpc) is 2.63. The van der Waals surface area contributed by atoms with Gasteiger partial charge in [0, 0.05) is 11.1 Å². The first-order valence-corrected chi connectivity index (χ1v) is 5.42. The Hall–Kier alpha value is -0.740. The van der Waals surface area contributed by atoms with Crippen LogP contribution < -0.4 is 5.32 Å². The van der Waals surface area contributed by atoms with Gasteiger partial charge in [0.1, 0.15) is 5.82 Å². The minimum absolute atomic E-state index is 0.296. The fraction of sp³-hybridized carbons (Fsp3) is 0.455. The number of rotatable bonds is 1. The van der Waals surface area contributed by atoms with Crippen LogP contribution in [0.1, 0.15) is 25.3 Å². The van der Waals surface area contributed by atoms with E-state index in [1.807, 2.05) is 0 Å². The van der Waals surface area contributed by atoms with Crippen LogP contribution in [-0.4, -0.2) is 6.54 Å². The lowest BCUT2D eigenvalue weighted by Crippen LogP contribution is -2.35. The Kier molecular flexibility index (Phi) is 2.88. The second-order valence-corrected chi connectivity index (χ2v) is 4.61. The molecule has 1 N–H and O–H groups in total. The van der Waals surface area contributed by atoms with E-state index >= 15 is 0 Å². The van der Waals surface area contributed by atoms with Crippen LogP contribution in [0.5, 0.6) is 0 Å². The number of benzene rings is 1. The summed E-state index contributed by atoms with van der Waals surface area (Å²) in [5.74, 6) is -3.15. The first kappa shape index (κ1) is 11.7. The van der Waals surface area contributed by atoms with Crippen LogP contribution in [-0.2, 0) is 5.54 Å². The van der Waals surface area contributed by atoms with Crippen molar-refractivity contribution in [2.75, 3.05) is 6.54 Å². The van der Waals surface area contributed by atoms with Crippen molar-refractivity contribution in [1.29, 1.82) is 0 Å². The molecule has 0 aromatic heterocycles. The largest absolute Gasteiger partial charge is 0.307 e. The smallest absolute Gasteiger partial charge is 0.166 e. The van der Waals surface area contributed by atoms with Crippen LogP contribution in [0.2, 0.25) is 5.02 Å². The van der Waals surface area contributed by atoms with Crippen LogP contribution in [0.15, 0.2) is 6.07 Å². The predicted octanol–water partition coefficient (Wildman–Crippen LogP) is 3.36. The second-order valence-electron chi connectivity index (χ2n) is 4.21. The zero-order valence-electron chi connectivity index (χ0n) is 8.71. The molecule has 0 saturated carbocycles. The molecule has 16 heavy (non-hydrogen) atoms. The summed E-state index contributed by atoms with van der Waals surface area (Å²) in [4.78, 5) is 0. The topological polar surface area (TPSA) is 12.0 Å². The summed E-state index contributed by atoms with van der Waals surface area (Å²) >= 11 is 5.52. The molecule has 1 unspecified atom stereocenters. The Morgan fingerprint density at radius 3 is 2.56 bits per heavy atom. The third-order valence-corrected chi connectivity index (χ3v) is 3.31. The quantitative estimate of drug-likeness (QED) is 0.753. The fourth-order valence-corrected chi connectivity index (χ4v) is 2.36. The molecule has 1 aromatic carbocycles. The first-order valence-electron chi connectivity index (χ1n) is 5.04. The van der Waals surface area contributed by atoms with Crippen molar-refractivity contribution in [3.63, 3.8) is 0 Å². The van der Waals surface area contributed by atoms with Gasteiger partial charge in [0.05, 0.1) is 5.02 Å². The normalized spacial score (nSPS) is 25.1. The van der Waals surface area contributed by atoms with E-state index in [4.69, 9.17) is 11.6 Å². The maximum atomic E-state index is 13.8. The molecule has 88 valence electrons. The summed E-state index contributed by atoms with van der Waals surface area (Å²) in [5, 5.41) is 2.59. The summed E-state index contributed by atoms with van der Waals surface area (Å²) in [6.07, 6.45) is 1.35. The van der Waals surface area contributed by atoms with Gasteiger partial charge in [-0.1, -0.05) is 11.6 Å². The fourth-order valence-electron chi connectivity index (χ4n) is 2.17. The minimum atomic E-state index is -1.15. The van der Waals surface area contributed by atoms with Crippen molar-refractivity contribution in [3.8, 4) is 0 Å². The van der Waals surface area contributed by atoms with Gasteiger partial charge in [-0.25, -0.2) is 13.2 Å². The molecule has 0 spiro atoms. The maximum absolute atomic E-state index is 13.8. The molecule has 1 aromatic rings. The Morgan fingerprint density at radius 2 is 2.00 bits per heavy atom. The van der Waals surface area contributed by atoms with Gasteiger partial charge in [-0.15, -0.1) is 0 Å². The molecule has 1 nitrogen and oxygen atoms in total. The van der Waals surface area contributed by atoms with E-state index in [1.165, 1.54) is 0 Å². The zero-order valence-corrected chi connectivity index (χ0v) is 9.47. The van der Waals surface area contributed by atoms with Crippen LogP contribution in [0.25, 0.3) is 0 Å². The van der Waals surface area contributed by atoms with E-state index in [1.54, 1.807) is 6.92 Å². The molecule has 1 fully saturated rings. The highest BCUT2D eigenvalue weighted by Crippen LogP contribution is 2.37. The van der Waals surface area contributed by atoms with Crippen molar-refractivity contribution in [3.05, 3.63) is 34.1 Å². The van der Waals surface area contributed by atoms with Crippen LogP contribution in [0.3, 0.4) is 0 Å². The monoisotopic (exact) mass is 249 g/mol. The minimum Gasteiger partial charge on any atom is -0.307 e. The number of nitrogens with one attached hydrogen (secondary N) is 1. The molecule has 0 bridgehead atoms. The van der Waals surface area contributed by atoms with Gasteiger partial charge in [-0.3, -0.25) is 0 Å².